The maximum atomic E-state index is 10.6. The third kappa shape index (κ3) is 5.97. The molecular formula is C8H14O10S2-2. The number of methoxy groups -OCH3 is 1. The molecule has 0 spiro atoms. The fraction of sp³-hybridized carbons (Fsp3) is 1.00. The minimum absolute atomic E-state index is 0.00343. The Bertz CT molecular complexity index is 511. The monoisotopic (exact) mass is 334 g/mol. The predicted molar refractivity (Wildman–Crippen MR) is 60.0 cm³/mol. The molecule has 0 N–H and O–H groups in total. The van der Waals surface area contributed by atoms with Crippen LogP contribution in [0.2, 0.25) is 0 Å². The van der Waals surface area contributed by atoms with Gasteiger partial charge in [0.05, 0.1) is 24.9 Å². The van der Waals surface area contributed by atoms with Crippen molar-refractivity contribution in [3.63, 3.8) is 0 Å². The second-order valence-electron chi connectivity index (χ2n) is 4.13. The lowest BCUT2D eigenvalue weighted by Crippen LogP contribution is -2.51. The summed E-state index contributed by atoms with van der Waals surface area (Å²) in [5.41, 5.74) is 0. The molecular weight excluding hydrogens is 320 g/mol. The van der Waals surface area contributed by atoms with Crippen molar-refractivity contribution in [2.24, 2.45) is 0 Å². The van der Waals surface area contributed by atoms with Crippen molar-refractivity contribution < 1.29 is 43.8 Å². The molecule has 120 valence electrons. The Kier molecular flexibility index (Phi) is 5.86. The van der Waals surface area contributed by atoms with E-state index in [1.807, 2.05) is 0 Å². The Balaban J connectivity index is 2.70. The molecule has 1 aliphatic rings. The first-order valence-electron chi connectivity index (χ1n) is 5.44. The van der Waals surface area contributed by atoms with Gasteiger partial charge in [-0.3, -0.25) is 8.37 Å². The van der Waals surface area contributed by atoms with Gasteiger partial charge in [-0.25, -0.2) is 16.8 Å². The van der Waals surface area contributed by atoms with E-state index in [4.69, 9.17) is 9.47 Å². The molecule has 1 saturated heterocycles. The van der Waals surface area contributed by atoms with E-state index in [0.717, 1.165) is 0 Å². The highest BCUT2D eigenvalue weighted by Gasteiger charge is 2.39. The van der Waals surface area contributed by atoms with Gasteiger partial charge in [0, 0.05) is 13.5 Å². The van der Waals surface area contributed by atoms with Gasteiger partial charge in [0.25, 0.3) is 0 Å². The highest BCUT2D eigenvalue weighted by molar-refractivity contribution is 7.81. The van der Waals surface area contributed by atoms with E-state index >= 15 is 0 Å². The minimum Gasteiger partial charge on any atom is -0.726 e. The SMILES string of the molecule is COC1CC(COS(=O)(=O)[O-])O[C@@H](C)C1OS(=O)(=O)[O-]. The zero-order valence-electron chi connectivity index (χ0n) is 10.6. The molecule has 12 heteroatoms. The summed E-state index contributed by atoms with van der Waals surface area (Å²) in [5, 5.41) is 0. The van der Waals surface area contributed by atoms with E-state index in [0.29, 0.717) is 0 Å². The van der Waals surface area contributed by atoms with Crippen LogP contribution >= 0.6 is 0 Å². The smallest absolute Gasteiger partial charge is 0.218 e. The summed E-state index contributed by atoms with van der Waals surface area (Å²) in [6.45, 7) is 0.882. The van der Waals surface area contributed by atoms with Gasteiger partial charge >= 0.3 is 0 Å². The molecule has 0 radical (unpaired) electrons. The molecule has 0 aromatic carbocycles. The molecule has 0 bridgehead atoms. The summed E-state index contributed by atoms with van der Waals surface area (Å²) < 4.78 is 81.5. The molecule has 1 heterocycles. The molecule has 0 aliphatic carbocycles. The van der Waals surface area contributed by atoms with Crippen LogP contribution in [0, 0.1) is 0 Å². The molecule has 10 nitrogen and oxygen atoms in total. The van der Waals surface area contributed by atoms with Gasteiger partial charge in [-0.2, -0.15) is 0 Å². The van der Waals surface area contributed by atoms with Crippen LogP contribution in [0.25, 0.3) is 0 Å². The normalized spacial score (nSPS) is 32.2. The summed E-state index contributed by atoms with van der Waals surface area (Å²) in [7, 11) is -8.53. The fourth-order valence-corrected chi connectivity index (χ4v) is 2.78. The van der Waals surface area contributed by atoms with Crippen LogP contribution in [-0.2, 0) is 38.6 Å². The topological polar surface area (TPSA) is 151 Å². The molecule has 1 aliphatic heterocycles. The van der Waals surface area contributed by atoms with E-state index in [9.17, 15) is 25.9 Å². The summed E-state index contributed by atoms with van der Waals surface area (Å²) in [6, 6.07) is 0. The van der Waals surface area contributed by atoms with Crippen molar-refractivity contribution in [3.05, 3.63) is 0 Å². The molecule has 3 unspecified atom stereocenters. The third-order valence-electron chi connectivity index (χ3n) is 2.66. The maximum absolute atomic E-state index is 10.6. The van der Waals surface area contributed by atoms with Crippen LogP contribution in [0.1, 0.15) is 13.3 Å². The number of rotatable bonds is 6. The van der Waals surface area contributed by atoms with Gasteiger partial charge in [0.2, 0.25) is 20.8 Å². The summed E-state index contributed by atoms with van der Waals surface area (Å²) >= 11 is 0. The van der Waals surface area contributed by atoms with Crippen LogP contribution in [0.5, 0.6) is 0 Å². The molecule has 4 atom stereocenters. The van der Waals surface area contributed by atoms with Crippen molar-refractivity contribution in [3.8, 4) is 0 Å². The van der Waals surface area contributed by atoms with Crippen molar-refractivity contribution in [2.45, 2.75) is 37.8 Å². The molecule has 0 aromatic heterocycles. The largest absolute Gasteiger partial charge is 0.726 e. The third-order valence-corrected chi connectivity index (χ3v) is 3.54. The number of hydrogen-bond donors (Lipinski definition) is 0. The lowest BCUT2D eigenvalue weighted by atomic mass is 9.99. The molecule has 20 heavy (non-hydrogen) atoms. The first kappa shape index (κ1) is 17.7. The molecule has 0 aromatic rings. The average molecular weight is 334 g/mol. The van der Waals surface area contributed by atoms with Crippen LogP contribution in [0.3, 0.4) is 0 Å². The zero-order chi connectivity index (χ0) is 15.6. The van der Waals surface area contributed by atoms with Crippen LogP contribution in [0.4, 0.5) is 0 Å². The Morgan fingerprint density at radius 1 is 1.20 bits per heavy atom. The van der Waals surface area contributed by atoms with Crippen molar-refractivity contribution in [1.82, 2.24) is 0 Å². The summed E-state index contributed by atoms with van der Waals surface area (Å²) in [6.07, 6.45) is -3.68. The lowest BCUT2D eigenvalue weighted by molar-refractivity contribution is -0.168. The van der Waals surface area contributed by atoms with E-state index in [1.54, 1.807) is 0 Å². The second-order valence-corrected chi connectivity index (χ2v) is 6.20. The Labute approximate surface area is 116 Å². The van der Waals surface area contributed by atoms with Gasteiger partial charge in [-0.15, -0.1) is 0 Å². The Hall–Kier alpha value is -0.340. The Morgan fingerprint density at radius 3 is 2.25 bits per heavy atom. The molecule has 0 amide bonds. The molecule has 1 rings (SSSR count). The quantitative estimate of drug-likeness (QED) is 0.414. The zero-order valence-corrected chi connectivity index (χ0v) is 12.3. The van der Waals surface area contributed by atoms with Crippen LogP contribution < -0.4 is 0 Å². The van der Waals surface area contributed by atoms with Gasteiger partial charge < -0.3 is 18.6 Å². The van der Waals surface area contributed by atoms with Crippen molar-refractivity contribution in [1.29, 1.82) is 0 Å². The number of hydrogen-bond acceptors (Lipinski definition) is 10. The van der Waals surface area contributed by atoms with Crippen LogP contribution in [-0.4, -0.2) is 64.1 Å². The molecule has 0 saturated carbocycles. The van der Waals surface area contributed by atoms with Crippen molar-refractivity contribution >= 4 is 20.8 Å². The second kappa shape index (κ2) is 6.62. The standard InChI is InChI=1S/C8H16O10S2/c1-5-8(18-20(12,13)14)7(15-2)3-6(17-5)4-16-19(9,10)11/h5-8H,3-4H2,1-2H3,(H,9,10,11)(H,12,13,14)/p-2/t5-,6?,7?,8?/m0/s1. The van der Waals surface area contributed by atoms with Crippen molar-refractivity contribution in [2.75, 3.05) is 13.7 Å². The minimum atomic E-state index is -4.94. The van der Waals surface area contributed by atoms with E-state index in [1.165, 1.54) is 14.0 Å². The highest BCUT2D eigenvalue weighted by atomic mass is 32.3. The van der Waals surface area contributed by atoms with Gasteiger partial charge in [0.15, 0.2) is 0 Å². The molecule has 1 fully saturated rings. The van der Waals surface area contributed by atoms with E-state index < -0.39 is 51.8 Å². The number of ether oxygens (including phenoxy) is 2. The summed E-state index contributed by atoms with van der Waals surface area (Å²) in [4.78, 5) is 0. The lowest BCUT2D eigenvalue weighted by Gasteiger charge is -2.39. The van der Waals surface area contributed by atoms with Gasteiger partial charge in [-0.05, 0) is 6.92 Å². The fourth-order valence-electron chi connectivity index (χ4n) is 1.91. The average Bonchev–Trinajstić information content (AvgIpc) is 2.26. The van der Waals surface area contributed by atoms with Gasteiger partial charge in [-0.1, -0.05) is 0 Å². The first-order chi connectivity index (χ1) is 9.02. The van der Waals surface area contributed by atoms with Gasteiger partial charge in [0.1, 0.15) is 6.10 Å². The van der Waals surface area contributed by atoms with E-state index in [-0.39, 0.29) is 6.42 Å². The first-order valence-corrected chi connectivity index (χ1v) is 8.11. The van der Waals surface area contributed by atoms with Crippen LogP contribution in [0.15, 0.2) is 0 Å². The Morgan fingerprint density at radius 2 is 1.80 bits per heavy atom. The predicted octanol–water partition coefficient (Wildman–Crippen LogP) is -1.50. The van der Waals surface area contributed by atoms with E-state index in [2.05, 4.69) is 8.37 Å². The highest BCUT2D eigenvalue weighted by Crippen LogP contribution is 2.26. The maximum Gasteiger partial charge on any atom is 0.218 e. The summed E-state index contributed by atoms with van der Waals surface area (Å²) in [5.74, 6) is 0.